The molecule has 0 fully saturated rings. The lowest BCUT2D eigenvalue weighted by Gasteiger charge is -2.06. The van der Waals surface area contributed by atoms with E-state index in [9.17, 15) is 8.78 Å². The molecular formula is C14H11ClF2N2. The van der Waals surface area contributed by atoms with Crippen molar-refractivity contribution in [2.45, 2.75) is 25.7 Å². The molecule has 0 N–H and O–H groups in total. The molecule has 0 radical (unpaired) electrons. The number of aryl methyl sites for hydroxylation is 1. The topological polar surface area (TPSA) is 25.8 Å². The highest BCUT2D eigenvalue weighted by molar-refractivity contribution is 6.30. The van der Waals surface area contributed by atoms with Crippen molar-refractivity contribution in [3.05, 3.63) is 57.6 Å². The van der Waals surface area contributed by atoms with Crippen molar-refractivity contribution in [1.82, 2.24) is 9.97 Å². The molecular weight excluding hydrogens is 270 g/mol. The van der Waals surface area contributed by atoms with Gasteiger partial charge in [0.2, 0.25) is 0 Å². The van der Waals surface area contributed by atoms with Gasteiger partial charge in [-0.3, -0.25) is 0 Å². The molecule has 2 aromatic rings. The Kier molecular flexibility index (Phi) is 3.19. The fourth-order valence-electron chi connectivity index (χ4n) is 2.35. The largest absolute Gasteiger partial charge is 0.237 e. The van der Waals surface area contributed by atoms with E-state index in [0.29, 0.717) is 16.5 Å². The molecule has 1 aliphatic carbocycles. The number of hydrogen-bond donors (Lipinski definition) is 0. The number of nitrogens with zero attached hydrogens (tertiary/aromatic N) is 2. The Morgan fingerprint density at radius 3 is 2.79 bits per heavy atom. The van der Waals surface area contributed by atoms with Crippen LogP contribution < -0.4 is 0 Å². The van der Waals surface area contributed by atoms with E-state index in [4.69, 9.17) is 11.6 Å². The van der Waals surface area contributed by atoms with E-state index in [1.165, 1.54) is 12.1 Å². The molecule has 98 valence electrons. The Morgan fingerprint density at radius 2 is 2.00 bits per heavy atom. The highest BCUT2D eigenvalue weighted by Crippen LogP contribution is 2.26. The van der Waals surface area contributed by atoms with Crippen molar-refractivity contribution < 1.29 is 8.78 Å². The molecule has 0 aliphatic heterocycles. The summed E-state index contributed by atoms with van der Waals surface area (Å²) < 4.78 is 26.4. The van der Waals surface area contributed by atoms with Gasteiger partial charge < -0.3 is 0 Å². The third kappa shape index (κ3) is 2.45. The van der Waals surface area contributed by atoms with Gasteiger partial charge >= 0.3 is 0 Å². The van der Waals surface area contributed by atoms with E-state index in [1.807, 2.05) is 0 Å². The monoisotopic (exact) mass is 280 g/mol. The maximum Gasteiger partial charge on any atom is 0.136 e. The fourth-order valence-corrected chi connectivity index (χ4v) is 2.65. The summed E-state index contributed by atoms with van der Waals surface area (Å²) >= 11 is 6.10. The number of fused-ring (bicyclic) bond motifs is 1. The summed E-state index contributed by atoms with van der Waals surface area (Å²) in [6.07, 6.45) is 3.03. The van der Waals surface area contributed by atoms with Crippen LogP contribution in [0.3, 0.4) is 0 Å². The average molecular weight is 281 g/mol. The molecule has 5 heteroatoms. The van der Waals surface area contributed by atoms with E-state index in [2.05, 4.69) is 9.97 Å². The summed E-state index contributed by atoms with van der Waals surface area (Å²) in [7, 11) is 0. The Morgan fingerprint density at radius 1 is 1.16 bits per heavy atom. The third-order valence-electron chi connectivity index (χ3n) is 3.29. The molecule has 1 aromatic heterocycles. The molecule has 0 bridgehead atoms. The van der Waals surface area contributed by atoms with Gasteiger partial charge in [0, 0.05) is 23.7 Å². The number of hydrogen-bond acceptors (Lipinski definition) is 2. The molecule has 0 saturated carbocycles. The maximum atomic E-state index is 13.6. The normalized spacial score (nSPS) is 13.6. The summed E-state index contributed by atoms with van der Waals surface area (Å²) in [6.45, 7) is 0. The molecule has 1 heterocycles. The van der Waals surface area contributed by atoms with E-state index >= 15 is 0 Å². The average Bonchev–Trinajstić information content (AvgIpc) is 2.81. The Labute approximate surface area is 114 Å². The van der Waals surface area contributed by atoms with Gasteiger partial charge in [-0.25, -0.2) is 18.7 Å². The summed E-state index contributed by atoms with van der Waals surface area (Å²) in [6, 6.07) is 3.51. The second-order valence-corrected chi connectivity index (χ2v) is 4.98. The van der Waals surface area contributed by atoms with Crippen LogP contribution in [-0.4, -0.2) is 9.97 Å². The standard InChI is InChI=1S/C14H11ClF2N2/c15-14-10-2-1-3-12(10)18-13(19-14)6-8-4-5-9(16)7-11(8)17/h4-5,7H,1-3,6H2. The first-order valence-electron chi connectivity index (χ1n) is 6.11. The van der Waals surface area contributed by atoms with Gasteiger partial charge in [0.05, 0.1) is 0 Å². The zero-order valence-electron chi connectivity index (χ0n) is 10.1. The second kappa shape index (κ2) is 4.85. The summed E-state index contributed by atoms with van der Waals surface area (Å²) in [5.41, 5.74) is 2.33. The quantitative estimate of drug-likeness (QED) is 0.787. The minimum atomic E-state index is -0.589. The maximum absolute atomic E-state index is 13.6. The fraction of sp³-hybridized carbons (Fsp3) is 0.286. The molecule has 2 nitrogen and oxygen atoms in total. The molecule has 0 unspecified atom stereocenters. The zero-order valence-corrected chi connectivity index (χ0v) is 10.8. The van der Waals surface area contributed by atoms with Crippen molar-refractivity contribution in [3.8, 4) is 0 Å². The Hall–Kier alpha value is -1.55. The van der Waals surface area contributed by atoms with E-state index in [1.54, 1.807) is 0 Å². The lowest BCUT2D eigenvalue weighted by molar-refractivity contribution is 0.573. The van der Waals surface area contributed by atoms with Gasteiger partial charge in [-0.05, 0) is 30.9 Å². The molecule has 3 rings (SSSR count). The van der Waals surface area contributed by atoms with Gasteiger partial charge in [0.15, 0.2) is 0 Å². The first-order valence-corrected chi connectivity index (χ1v) is 6.49. The summed E-state index contributed by atoms with van der Waals surface area (Å²) in [5.74, 6) is -0.689. The van der Waals surface area contributed by atoms with Crippen LogP contribution >= 0.6 is 11.6 Å². The van der Waals surface area contributed by atoms with Crippen LogP contribution in [0, 0.1) is 11.6 Å². The Bertz CT molecular complexity index is 644. The first-order chi connectivity index (χ1) is 9.13. The highest BCUT2D eigenvalue weighted by atomic mass is 35.5. The molecule has 19 heavy (non-hydrogen) atoms. The van der Waals surface area contributed by atoms with Gasteiger partial charge in [0.25, 0.3) is 0 Å². The SMILES string of the molecule is Fc1ccc(Cc2nc(Cl)c3c(n2)CCC3)c(F)c1. The minimum Gasteiger partial charge on any atom is -0.237 e. The van der Waals surface area contributed by atoms with Crippen molar-refractivity contribution in [2.75, 3.05) is 0 Å². The van der Waals surface area contributed by atoms with Gasteiger partial charge in [-0.2, -0.15) is 0 Å². The number of halogens is 3. The van der Waals surface area contributed by atoms with Crippen LogP contribution in [0.1, 0.15) is 29.1 Å². The van der Waals surface area contributed by atoms with Crippen molar-refractivity contribution in [2.24, 2.45) is 0 Å². The molecule has 0 saturated heterocycles. The van der Waals surface area contributed by atoms with Gasteiger partial charge in [-0.1, -0.05) is 17.7 Å². The smallest absolute Gasteiger partial charge is 0.136 e. The van der Waals surface area contributed by atoms with Gasteiger partial charge in [0.1, 0.15) is 22.6 Å². The van der Waals surface area contributed by atoms with E-state index in [-0.39, 0.29) is 6.42 Å². The predicted molar refractivity (Wildman–Crippen MR) is 68.2 cm³/mol. The van der Waals surface area contributed by atoms with Gasteiger partial charge in [-0.15, -0.1) is 0 Å². The van der Waals surface area contributed by atoms with Crippen LogP contribution in [0.25, 0.3) is 0 Å². The summed E-state index contributed by atoms with van der Waals surface area (Å²) in [5, 5.41) is 0.458. The van der Waals surface area contributed by atoms with Crippen LogP contribution in [0.5, 0.6) is 0 Å². The molecule has 0 atom stereocenters. The third-order valence-corrected chi connectivity index (χ3v) is 3.61. The molecule has 0 spiro atoms. The lowest BCUT2D eigenvalue weighted by Crippen LogP contribution is -2.03. The van der Waals surface area contributed by atoms with Crippen molar-refractivity contribution in [1.29, 1.82) is 0 Å². The molecule has 1 aliphatic rings. The Balaban J connectivity index is 1.93. The highest BCUT2D eigenvalue weighted by Gasteiger charge is 2.18. The zero-order chi connectivity index (χ0) is 13.4. The lowest BCUT2D eigenvalue weighted by atomic mass is 10.1. The summed E-state index contributed by atoms with van der Waals surface area (Å²) in [4.78, 5) is 8.61. The van der Waals surface area contributed by atoms with E-state index < -0.39 is 11.6 Å². The van der Waals surface area contributed by atoms with Crippen LogP contribution in [0.15, 0.2) is 18.2 Å². The minimum absolute atomic E-state index is 0.221. The predicted octanol–water partition coefficient (Wildman–Crippen LogP) is 3.49. The van der Waals surface area contributed by atoms with Crippen molar-refractivity contribution >= 4 is 11.6 Å². The second-order valence-electron chi connectivity index (χ2n) is 4.62. The number of rotatable bonds is 2. The van der Waals surface area contributed by atoms with Crippen LogP contribution in [0.4, 0.5) is 8.78 Å². The van der Waals surface area contributed by atoms with Crippen LogP contribution in [-0.2, 0) is 19.3 Å². The number of aromatic nitrogens is 2. The number of benzene rings is 1. The molecule has 0 amide bonds. The first kappa shape index (κ1) is 12.5. The van der Waals surface area contributed by atoms with Crippen LogP contribution in [0.2, 0.25) is 5.15 Å². The van der Waals surface area contributed by atoms with E-state index in [0.717, 1.165) is 36.6 Å². The molecule has 1 aromatic carbocycles. The van der Waals surface area contributed by atoms with Crippen molar-refractivity contribution in [3.63, 3.8) is 0 Å².